The molecule has 0 fully saturated rings. The summed E-state index contributed by atoms with van der Waals surface area (Å²) in [4.78, 5) is 36.7. The van der Waals surface area contributed by atoms with E-state index >= 15 is 0 Å². The number of rotatable bonds is 6. The number of hydrogen-bond donors (Lipinski definition) is 1. The van der Waals surface area contributed by atoms with E-state index in [0.29, 0.717) is 21.9 Å². The predicted octanol–water partition coefficient (Wildman–Crippen LogP) is 4.28. The van der Waals surface area contributed by atoms with Crippen molar-refractivity contribution in [2.24, 2.45) is 0 Å². The number of carbonyl (C=O) groups excluding carboxylic acids is 2. The Morgan fingerprint density at radius 1 is 1.19 bits per heavy atom. The third kappa shape index (κ3) is 4.40. The van der Waals surface area contributed by atoms with Crippen LogP contribution in [0, 0.1) is 10.1 Å². The number of para-hydroxylation sites is 2. The van der Waals surface area contributed by atoms with E-state index in [9.17, 15) is 19.7 Å². The van der Waals surface area contributed by atoms with Gasteiger partial charge in [-0.05, 0) is 30.7 Å². The number of hydrogen-bond acceptors (Lipinski definition) is 8. The van der Waals surface area contributed by atoms with E-state index in [1.54, 1.807) is 49.4 Å². The van der Waals surface area contributed by atoms with Crippen LogP contribution in [-0.4, -0.2) is 36.1 Å². The normalized spacial score (nSPS) is 14.5. The minimum atomic E-state index is -0.916. The highest BCUT2D eigenvalue weighted by Gasteiger charge is 2.29. The highest BCUT2D eigenvalue weighted by molar-refractivity contribution is 7.18. The fourth-order valence-corrected chi connectivity index (χ4v) is 4.11. The van der Waals surface area contributed by atoms with E-state index in [-0.39, 0.29) is 29.5 Å². The van der Waals surface area contributed by atoms with Crippen molar-refractivity contribution in [3.8, 4) is 21.9 Å². The molecule has 0 bridgehead atoms. The van der Waals surface area contributed by atoms with Gasteiger partial charge in [0.1, 0.15) is 11.5 Å². The van der Waals surface area contributed by atoms with Gasteiger partial charge < -0.3 is 19.5 Å². The van der Waals surface area contributed by atoms with Crippen LogP contribution in [0.2, 0.25) is 0 Å². The number of benzene rings is 2. The minimum absolute atomic E-state index is 0.0134. The van der Waals surface area contributed by atoms with Gasteiger partial charge >= 0.3 is 5.97 Å². The summed E-state index contributed by atoms with van der Waals surface area (Å²) < 4.78 is 16.4. The molecule has 10 heteroatoms. The molecule has 1 aromatic heterocycles. The predicted molar refractivity (Wildman–Crippen MR) is 117 cm³/mol. The number of non-ortho nitro benzene ring substituents is 1. The second-order valence-electron chi connectivity index (χ2n) is 6.73. The molecule has 1 aliphatic rings. The first-order valence-corrected chi connectivity index (χ1v) is 10.5. The second kappa shape index (κ2) is 9.06. The standard InChI is InChI=1S/C22H18N2O7S/c1-2-29-22(26)20-15(11-19(32-20)13-6-5-7-14(10-13)24(27)28)23-21(25)18-12-30-16-8-3-4-9-17(16)31-18/h3-11,18H,2,12H2,1H3,(H,23,25)/t18-/m1/s1. The van der Waals surface area contributed by atoms with Gasteiger partial charge in [-0.25, -0.2) is 4.79 Å². The number of nitro benzene ring substituents is 1. The molecule has 0 spiro atoms. The molecule has 9 nitrogen and oxygen atoms in total. The minimum Gasteiger partial charge on any atom is -0.485 e. The molecule has 0 aliphatic carbocycles. The Morgan fingerprint density at radius 3 is 2.72 bits per heavy atom. The lowest BCUT2D eigenvalue weighted by molar-refractivity contribution is -0.384. The molecule has 4 rings (SSSR count). The van der Waals surface area contributed by atoms with Gasteiger partial charge in [-0.3, -0.25) is 14.9 Å². The monoisotopic (exact) mass is 454 g/mol. The Labute approximate surface area is 186 Å². The quantitative estimate of drug-likeness (QED) is 0.336. The highest BCUT2D eigenvalue weighted by atomic mass is 32.1. The Kier molecular flexibility index (Phi) is 6.04. The molecule has 164 valence electrons. The number of fused-ring (bicyclic) bond motifs is 1. The number of esters is 1. The van der Waals surface area contributed by atoms with Crippen LogP contribution in [0.1, 0.15) is 16.6 Å². The zero-order chi connectivity index (χ0) is 22.7. The van der Waals surface area contributed by atoms with Crippen LogP contribution in [0.4, 0.5) is 11.4 Å². The average Bonchev–Trinajstić information content (AvgIpc) is 3.23. The first-order chi connectivity index (χ1) is 15.5. The molecule has 2 heterocycles. The Morgan fingerprint density at radius 2 is 1.97 bits per heavy atom. The lowest BCUT2D eigenvalue weighted by Gasteiger charge is -2.25. The van der Waals surface area contributed by atoms with E-state index in [0.717, 1.165) is 11.3 Å². The molecule has 0 saturated carbocycles. The molecule has 32 heavy (non-hydrogen) atoms. The summed E-state index contributed by atoms with van der Waals surface area (Å²) in [5.74, 6) is -0.0940. The van der Waals surface area contributed by atoms with Gasteiger partial charge in [0.15, 0.2) is 11.5 Å². The second-order valence-corrected chi connectivity index (χ2v) is 7.79. The highest BCUT2D eigenvalue weighted by Crippen LogP contribution is 2.37. The number of ether oxygens (including phenoxy) is 3. The van der Waals surface area contributed by atoms with E-state index in [1.807, 2.05) is 0 Å². The molecular weight excluding hydrogens is 436 g/mol. The number of carbonyl (C=O) groups is 2. The molecule has 0 radical (unpaired) electrons. The van der Waals surface area contributed by atoms with Gasteiger partial charge in [0.25, 0.3) is 11.6 Å². The summed E-state index contributed by atoms with van der Waals surface area (Å²) in [5.41, 5.74) is 0.703. The molecule has 1 atom stereocenters. The van der Waals surface area contributed by atoms with Crippen molar-refractivity contribution in [3.63, 3.8) is 0 Å². The first kappa shape index (κ1) is 21.3. The number of nitrogens with zero attached hydrogens (tertiary/aromatic N) is 1. The number of thiophene rings is 1. The Hall–Kier alpha value is -3.92. The molecule has 1 amide bonds. The van der Waals surface area contributed by atoms with Crippen LogP contribution in [-0.2, 0) is 9.53 Å². The van der Waals surface area contributed by atoms with Crippen molar-refractivity contribution in [2.45, 2.75) is 13.0 Å². The van der Waals surface area contributed by atoms with E-state index in [4.69, 9.17) is 14.2 Å². The van der Waals surface area contributed by atoms with E-state index in [1.165, 1.54) is 12.1 Å². The maximum absolute atomic E-state index is 12.8. The summed E-state index contributed by atoms with van der Waals surface area (Å²) in [7, 11) is 0. The van der Waals surface area contributed by atoms with Gasteiger partial charge in [0, 0.05) is 17.0 Å². The third-order valence-corrected chi connectivity index (χ3v) is 5.76. The summed E-state index contributed by atoms with van der Waals surface area (Å²) >= 11 is 1.07. The average molecular weight is 454 g/mol. The molecule has 2 aromatic carbocycles. The number of anilines is 1. The van der Waals surface area contributed by atoms with Crippen molar-refractivity contribution in [2.75, 3.05) is 18.5 Å². The van der Waals surface area contributed by atoms with Crippen molar-refractivity contribution >= 4 is 34.6 Å². The van der Waals surface area contributed by atoms with Crippen molar-refractivity contribution in [1.29, 1.82) is 0 Å². The van der Waals surface area contributed by atoms with Gasteiger partial charge in [-0.1, -0.05) is 24.3 Å². The summed E-state index contributed by atoms with van der Waals surface area (Å²) in [6, 6.07) is 14.6. The van der Waals surface area contributed by atoms with Crippen molar-refractivity contribution in [3.05, 3.63) is 69.6 Å². The summed E-state index contributed by atoms with van der Waals surface area (Å²) in [6.07, 6.45) is -0.916. The fraction of sp³-hybridized carbons (Fsp3) is 0.182. The number of amides is 1. The van der Waals surface area contributed by atoms with E-state index in [2.05, 4.69) is 5.32 Å². The summed E-state index contributed by atoms with van der Waals surface area (Å²) in [5, 5.41) is 13.8. The van der Waals surface area contributed by atoms with Gasteiger partial charge in [-0.2, -0.15) is 0 Å². The zero-order valence-electron chi connectivity index (χ0n) is 16.9. The topological polar surface area (TPSA) is 117 Å². The zero-order valence-corrected chi connectivity index (χ0v) is 17.7. The van der Waals surface area contributed by atoms with Crippen LogP contribution in [0.3, 0.4) is 0 Å². The SMILES string of the molecule is CCOC(=O)c1sc(-c2cccc([N+](=O)[O-])c2)cc1NC(=O)[C@H]1COc2ccccc2O1. The van der Waals surface area contributed by atoms with Crippen LogP contribution >= 0.6 is 11.3 Å². The summed E-state index contributed by atoms with van der Waals surface area (Å²) in [6.45, 7) is 1.85. The van der Waals surface area contributed by atoms with Gasteiger partial charge in [-0.15, -0.1) is 11.3 Å². The number of nitrogens with one attached hydrogen (secondary N) is 1. The lowest BCUT2D eigenvalue weighted by Crippen LogP contribution is -2.40. The largest absolute Gasteiger partial charge is 0.485 e. The van der Waals surface area contributed by atoms with Crippen molar-refractivity contribution in [1.82, 2.24) is 0 Å². The molecular formula is C22H18N2O7S. The Balaban J connectivity index is 1.61. The smallest absolute Gasteiger partial charge is 0.350 e. The number of nitro groups is 1. The maximum Gasteiger partial charge on any atom is 0.350 e. The Bertz CT molecular complexity index is 1190. The molecule has 1 N–H and O–H groups in total. The molecule has 0 saturated heterocycles. The van der Waals surface area contributed by atoms with Crippen LogP contribution in [0.5, 0.6) is 11.5 Å². The third-order valence-electron chi connectivity index (χ3n) is 4.59. The van der Waals surface area contributed by atoms with Crippen LogP contribution in [0.15, 0.2) is 54.6 Å². The van der Waals surface area contributed by atoms with Gasteiger partial charge in [0.2, 0.25) is 6.10 Å². The van der Waals surface area contributed by atoms with Crippen LogP contribution < -0.4 is 14.8 Å². The molecule has 0 unspecified atom stereocenters. The maximum atomic E-state index is 12.8. The fourth-order valence-electron chi connectivity index (χ4n) is 3.11. The first-order valence-electron chi connectivity index (χ1n) is 9.71. The molecule has 3 aromatic rings. The van der Waals surface area contributed by atoms with Gasteiger partial charge in [0.05, 0.1) is 17.2 Å². The van der Waals surface area contributed by atoms with Crippen molar-refractivity contribution < 1.29 is 28.7 Å². The van der Waals surface area contributed by atoms with Crippen LogP contribution in [0.25, 0.3) is 10.4 Å². The van der Waals surface area contributed by atoms with E-state index < -0.39 is 22.9 Å². The molecule has 1 aliphatic heterocycles. The lowest BCUT2D eigenvalue weighted by atomic mass is 10.1.